The van der Waals surface area contributed by atoms with E-state index in [1.807, 2.05) is 0 Å². The number of carbonyl (C=O) groups is 1. The fourth-order valence-electron chi connectivity index (χ4n) is 0.969. The highest BCUT2D eigenvalue weighted by atomic mass is 19.1. The molecule has 1 rings (SSSR count). The molecule has 0 saturated carbocycles. The van der Waals surface area contributed by atoms with Crippen molar-refractivity contribution in [3.05, 3.63) is 34.1 Å². The number of ether oxygens (including phenoxy) is 1. The summed E-state index contributed by atoms with van der Waals surface area (Å²) in [6.07, 6.45) is -0.267. The van der Waals surface area contributed by atoms with Crippen LogP contribution in [0.25, 0.3) is 0 Å². The number of aliphatic carboxylic acids is 1. The molecule has 0 spiro atoms. The number of benzene rings is 1. The molecule has 0 aliphatic heterocycles. The van der Waals surface area contributed by atoms with E-state index in [4.69, 9.17) is 9.84 Å². The summed E-state index contributed by atoms with van der Waals surface area (Å²) < 4.78 is 18.0. The van der Waals surface area contributed by atoms with Gasteiger partial charge in [0.2, 0.25) is 0 Å². The largest absolute Gasteiger partial charge is 0.490 e. The monoisotopic (exact) mass is 229 g/mol. The zero-order valence-corrected chi connectivity index (χ0v) is 8.05. The van der Waals surface area contributed by atoms with Crippen LogP contribution in [0.3, 0.4) is 0 Å². The van der Waals surface area contributed by atoms with Crippen LogP contribution in [-0.4, -0.2) is 22.6 Å². The van der Waals surface area contributed by atoms with E-state index < -0.39 is 16.7 Å². The number of nitro benzene ring substituents is 1. The summed E-state index contributed by atoms with van der Waals surface area (Å²) in [5.41, 5.74) is -0.386. The Balaban J connectivity index is 2.68. The minimum atomic E-state index is -1.07. The highest BCUT2D eigenvalue weighted by Crippen LogP contribution is 2.22. The molecular formula is C9H8FNO5. The van der Waals surface area contributed by atoms with Crippen LogP contribution in [0.2, 0.25) is 0 Å². The van der Waals surface area contributed by atoms with E-state index >= 15 is 0 Å². The predicted octanol–water partition coefficient (Wildman–Crippen LogP) is 1.59. The lowest BCUT2D eigenvalue weighted by molar-refractivity contribution is -0.385. The molecule has 0 aromatic heterocycles. The molecule has 6 nitrogen and oxygen atoms in total. The van der Waals surface area contributed by atoms with Crippen LogP contribution in [0, 0.1) is 15.9 Å². The summed E-state index contributed by atoms with van der Waals surface area (Å²) in [4.78, 5) is 19.7. The van der Waals surface area contributed by atoms with Crippen LogP contribution in [0.5, 0.6) is 5.75 Å². The molecule has 86 valence electrons. The average Bonchev–Trinajstić information content (AvgIpc) is 2.19. The molecule has 0 amide bonds. The fraction of sp³-hybridized carbons (Fsp3) is 0.222. The van der Waals surface area contributed by atoms with Gasteiger partial charge in [0.05, 0.1) is 24.0 Å². The first kappa shape index (κ1) is 11.9. The maximum absolute atomic E-state index is 13.2. The zero-order chi connectivity index (χ0) is 12.1. The maximum atomic E-state index is 13.2. The molecule has 7 heteroatoms. The van der Waals surface area contributed by atoms with Crippen molar-refractivity contribution in [1.29, 1.82) is 0 Å². The summed E-state index contributed by atoms with van der Waals surface area (Å²) in [6, 6.07) is 2.89. The minimum Gasteiger partial charge on any atom is -0.490 e. The third-order valence-electron chi connectivity index (χ3n) is 1.70. The van der Waals surface area contributed by atoms with Crippen molar-refractivity contribution in [2.75, 3.05) is 6.61 Å². The molecule has 0 fully saturated rings. The van der Waals surface area contributed by atoms with Crippen molar-refractivity contribution in [3.63, 3.8) is 0 Å². The Kier molecular flexibility index (Phi) is 3.76. The molecule has 16 heavy (non-hydrogen) atoms. The number of non-ortho nitro benzene ring substituents is 1. The summed E-state index contributed by atoms with van der Waals surface area (Å²) >= 11 is 0. The van der Waals surface area contributed by atoms with E-state index in [1.54, 1.807) is 0 Å². The second-order valence-corrected chi connectivity index (χ2v) is 2.86. The molecule has 0 aliphatic carbocycles. The SMILES string of the molecule is O=C(O)CCOc1ccc([N+](=O)[O-])cc1F. The molecule has 1 aromatic rings. The highest BCUT2D eigenvalue weighted by Gasteiger charge is 2.11. The van der Waals surface area contributed by atoms with E-state index in [1.165, 1.54) is 0 Å². The first-order valence-corrected chi connectivity index (χ1v) is 4.29. The van der Waals surface area contributed by atoms with E-state index in [0.29, 0.717) is 0 Å². The first-order chi connectivity index (χ1) is 7.50. The zero-order valence-electron chi connectivity index (χ0n) is 8.05. The fourth-order valence-corrected chi connectivity index (χ4v) is 0.969. The lowest BCUT2D eigenvalue weighted by atomic mass is 10.3. The Morgan fingerprint density at radius 1 is 1.56 bits per heavy atom. The number of rotatable bonds is 5. The average molecular weight is 229 g/mol. The van der Waals surface area contributed by atoms with Gasteiger partial charge >= 0.3 is 5.97 Å². The third kappa shape index (κ3) is 3.19. The second kappa shape index (κ2) is 5.06. The molecule has 1 N–H and O–H groups in total. The van der Waals surface area contributed by atoms with Crippen molar-refractivity contribution in [3.8, 4) is 5.75 Å². The first-order valence-electron chi connectivity index (χ1n) is 4.29. The van der Waals surface area contributed by atoms with Crippen LogP contribution in [0.4, 0.5) is 10.1 Å². The Morgan fingerprint density at radius 2 is 2.25 bits per heavy atom. The molecule has 0 bridgehead atoms. The predicted molar refractivity (Wildman–Crippen MR) is 50.8 cm³/mol. The molecule has 0 unspecified atom stereocenters. The highest BCUT2D eigenvalue weighted by molar-refractivity contribution is 5.66. The van der Waals surface area contributed by atoms with E-state index in [0.717, 1.165) is 18.2 Å². The van der Waals surface area contributed by atoms with E-state index in [2.05, 4.69) is 0 Å². The molecule has 0 aliphatic rings. The van der Waals surface area contributed by atoms with Gasteiger partial charge in [-0.3, -0.25) is 14.9 Å². The summed E-state index contributed by atoms with van der Waals surface area (Å²) in [7, 11) is 0. The van der Waals surface area contributed by atoms with Gasteiger partial charge in [0, 0.05) is 6.07 Å². The number of carboxylic acids is 1. The van der Waals surface area contributed by atoms with Gasteiger partial charge in [-0.2, -0.15) is 0 Å². The Bertz CT molecular complexity index is 420. The lowest BCUT2D eigenvalue weighted by Crippen LogP contribution is -2.05. The molecular weight excluding hydrogens is 221 g/mol. The second-order valence-electron chi connectivity index (χ2n) is 2.86. The van der Waals surface area contributed by atoms with Crippen LogP contribution < -0.4 is 4.74 Å². The van der Waals surface area contributed by atoms with Gasteiger partial charge in [-0.15, -0.1) is 0 Å². The third-order valence-corrected chi connectivity index (χ3v) is 1.70. The van der Waals surface area contributed by atoms with Crippen molar-refractivity contribution in [2.24, 2.45) is 0 Å². The number of nitro groups is 1. The Morgan fingerprint density at radius 3 is 2.75 bits per heavy atom. The van der Waals surface area contributed by atoms with Gasteiger partial charge in [0.1, 0.15) is 0 Å². The smallest absolute Gasteiger partial charge is 0.306 e. The molecule has 0 heterocycles. The molecule has 0 radical (unpaired) electrons. The summed E-state index contributed by atoms with van der Waals surface area (Å²) in [6.45, 7) is -0.190. The lowest BCUT2D eigenvalue weighted by Gasteiger charge is -2.04. The Labute approximate surface area is 89.4 Å². The van der Waals surface area contributed by atoms with Gasteiger partial charge < -0.3 is 9.84 Å². The number of hydrogen-bond acceptors (Lipinski definition) is 4. The van der Waals surface area contributed by atoms with Crippen molar-refractivity contribution < 1.29 is 24.0 Å². The number of nitrogens with zero attached hydrogens (tertiary/aromatic N) is 1. The quantitative estimate of drug-likeness (QED) is 0.611. The van der Waals surface area contributed by atoms with Crippen molar-refractivity contribution >= 4 is 11.7 Å². The van der Waals surface area contributed by atoms with Gasteiger partial charge in [-0.25, -0.2) is 4.39 Å². The van der Waals surface area contributed by atoms with E-state index in [9.17, 15) is 19.3 Å². The van der Waals surface area contributed by atoms with Crippen LogP contribution in [0.15, 0.2) is 18.2 Å². The van der Waals surface area contributed by atoms with Crippen LogP contribution >= 0.6 is 0 Å². The minimum absolute atomic E-state index is 0.190. The molecule has 0 saturated heterocycles. The number of carboxylic acid groups (broad SMARTS) is 1. The maximum Gasteiger partial charge on any atom is 0.306 e. The Hall–Kier alpha value is -2.18. The van der Waals surface area contributed by atoms with Crippen LogP contribution in [0.1, 0.15) is 6.42 Å². The topological polar surface area (TPSA) is 89.7 Å². The van der Waals surface area contributed by atoms with Gasteiger partial charge in [0.15, 0.2) is 11.6 Å². The van der Waals surface area contributed by atoms with E-state index in [-0.39, 0.29) is 24.5 Å². The summed E-state index contributed by atoms with van der Waals surface area (Å²) in [5, 5.41) is 18.6. The van der Waals surface area contributed by atoms with Gasteiger partial charge in [0.25, 0.3) is 5.69 Å². The number of halogens is 1. The van der Waals surface area contributed by atoms with Crippen molar-refractivity contribution in [1.82, 2.24) is 0 Å². The normalized spacial score (nSPS) is 9.81. The summed E-state index contributed by atoms with van der Waals surface area (Å²) in [5.74, 6) is -2.16. The standard InChI is InChI=1S/C9H8FNO5/c10-7-5-6(11(14)15)1-2-8(7)16-4-3-9(12)13/h1-2,5H,3-4H2,(H,12,13). The molecule has 0 atom stereocenters. The number of hydrogen-bond donors (Lipinski definition) is 1. The van der Waals surface area contributed by atoms with Crippen molar-refractivity contribution in [2.45, 2.75) is 6.42 Å². The van der Waals surface area contributed by atoms with Gasteiger partial charge in [-0.05, 0) is 6.07 Å². The molecule has 1 aromatic carbocycles. The van der Waals surface area contributed by atoms with Gasteiger partial charge in [-0.1, -0.05) is 0 Å². The van der Waals surface area contributed by atoms with Crippen LogP contribution in [-0.2, 0) is 4.79 Å².